The molecule has 30 heavy (non-hydrogen) atoms. The van der Waals surface area contributed by atoms with E-state index in [1.807, 2.05) is 19.1 Å². The van der Waals surface area contributed by atoms with Crippen molar-refractivity contribution in [3.05, 3.63) is 53.6 Å². The van der Waals surface area contributed by atoms with E-state index in [2.05, 4.69) is 12.1 Å². The fourth-order valence-electron chi connectivity index (χ4n) is 2.49. The van der Waals surface area contributed by atoms with Crippen molar-refractivity contribution in [1.29, 1.82) is 10.5 Å². The van der Waals surface area contributed by atoms with Gasteiger partial charge in [-0.2, -0.15) is 10.5 Å². The van der Waals surface area contributed by atoms with Gasteiger partial charge in [0.15, 0.2) is 5.60 Å². The predicted molar refractivity (Wildman–Crippen MR) is 115 cm³/mol. The van der Waals surface area contributed by atoms with Crippen LogP contribution in [0.25, 0.3) is 0 Å². The molecule has 0 saturated heterocycles. The molecule has 2 rings (SSSR count). The molecule has 1 N–H and O–H groups in total. The Morgan fingerprint density at radius 3 is 2.47 bits per heavy atom. The average Bonchev–Trinajstić information content (AvgIpc) is 2.72. The monoisotopic (exact) mass is 424 g/mol. The Morgan fingerprint density at radius 1 is 1.20 bits per heavy atom. The molecule has 2 aromatic carbocycles. The number of thioether (sulfide) groups is 1. The third-order valence-electron chi connectivity index (χ3n) is 4.36. The molecule has 6 nitrogen and oxygen atoms in total. The first-order chi connectivity index (χ1) is 14.2. The van der Waals surface area contributed by atoms with Gasteiger partial charge >= 0.3 is 5.97 Å². The predicted octanol–water partition coefficient (Wildman–Crippen LogP) is 4.81. The zero-order valence-corrected chi connectivity index (χ0v) is 18.0. The lowest BCUT2D eigenvalue weighted by atomic mass is 10.1. The van der Waals surface area contributed by atoms with Crippen LogP contribution in [0.2, 0.25) is 0 Å². The molecule has 0 aliphatic carbocycles. The number of aryl methyl sites for hydroxylation is 1. The van der Waals surface area contributed by atoms with Crippen LogP contribution in [-0.4, -0.2) is 29.0 Å². The van der Waals surface area contributed by atoms with Crippen LogP contribution in [0.4, 0.5) is 0 Å². The Hall–Kier alpha value is -3.16. The van der Waals surface area contributed by atoms with E-state index < -0.39 is 11.6 Å². The number of nitrogens with zero attached hydrogens (tertiary/aromatic N) is 2. The first-order valence-corrected chi connectivity index (χ1v) is 10.4. The molecule has 0 heterocycles. The van der Waals surface area contributed by atoms with Crippen LogP contribution >= 0.6 is 11.8 Å². The number of rotatable bonds is 10. The second kappa shape index (κ2) is 10.6. The van der Waals surface area contributed by atoms with Crippen LogP contribution < -0.4 is 9.47 Å². The Balaban J connectivity index is 1.95. The van der Waals surface area contributed by atoms with Crippen LogP contribution in [-0.2, 0) is 4.79 Å². The molecule has 0 fully saturated rings. The maximum Gasteiger partial charge on any atom is 0.347 e. The Kier molecular flexibility index (Phi) is 8.15. The molecule has 2 aromatic rings. The third-order valence-corrected chi connectivity index (χ3v) is 5.59. The van der Waals surface area contributed by atoms with Crippen LogP contribution in [0, 0.1) is 35.5 Å². The van der Waals surface area contributed by atoms with Crippen LogP contribution in [0.15, 0.2) is 47.4 Å². The highest BCUT2D eigenvalue weighted by molar-refractivity contribution is 7.99. The van der Waals surface area contributed by atoms with Crippen molar-refractivity contribution >= 4 is 17.7 Å². The van der Waals surface area contributed by atoms with E-state index in [1.165, 1.54) is 13.8 Å². The number of nitriles is 2. The summed E-state index contributed by atoms with van der Waals surface area (Å²) in [6.07, 6.45) is 0.371. The number of ether oxygens (including phenoxy) is 2. The van der Waals surface area contributed by atoms with Gasteiger partial charge in [-0.1, -0.05) is 0 Å². The molecule has 0 radical (unpaired) electrons. The molecule has 156 valence electrons. The summed E-state index contributed by atoms with van der Waals surface area (Å²) in [6, 6.07) is 16.8. The van der Waals surface area contributed by atoms with E-state index in [4.69, 9.17) is 20.0 Å². The van der Waals surface area contributed by atoms with Crippen LogP contribution in [0.3, 0.4) is 0 Å². The van der Waals surface area contributed by atoms with E-state index in [0.717, 1.165) is 10.5 Å². The zero-order chi connectivity index (χ0) is 22.1. The lowest BCUT2D eigenvalue weighted by Gasteiger charge is -2.23. The van der Waals surface area contributed by atoms with Gasteiger partial charge in [-0.25, -0.2) is 4.79 Å². The minimum atomic E-state index is -1.31. The standard InChI is InChI=1S/C23H24N2O4S/c1-16-12-20(8-9-21(16)29-23(2,3)22(26)27)30-15-18(10-11-24)14-28-19-6-4-17(13-25)5-7-19/h4-9,12,18H,10,14-15H2,1-3H3,(H,26,27). The van der Waals surface area contributed by atoms with Crippen molar-refractivity contribution in [2.24, 2.45) is 5.92 Å². The van der Waals surface area contributed by atoms with Crippen molar-refractivity contribution in [3.8, 4) is 23.6 Å². The van der Waals surface area contributed by atoms with E-state index in [0.29, 0.717) is 35.8 Å². The molecular formula is C23H24N2O4S. The van der Waals surface area contributed by atoms with Gasteiger partial charge in [0.1, 0.15) is 11.5 Å². The van der Waals surface area contributed by atoms with Gasteiger partial charge in [0.05, 0.1) is 24.3 Å². The van der Waals surface area contributed by atoms with Gasteiger partial charge in [-0.15, -0.1) is 11.8 Å². The van der Waals surface area contributed by atoms with Gasteiger partial charge in [0.25, 0.3) is 0 Å². The lowest BCUT2D eigenvalue weighted by molar-refractivity contribution is -0.152. The van der Waals surface area contributed by atoms with Crippen LogP contribution in [0.1, 0.15) is 31.4 Å². The minimum Gasteiger partial charge on any atom is -0.493 e. The molecule has 0 spiro atoms. The summed E-state index contributed by atoms with van der Waals surface area (Å²) in [7, 11) is 0. The van der Waals surface area contributed by atoms with Gasteiger partial charge in [0, 0.05) is 23.0 Å². The highest BCUT2D eigenvalue weighted by atomic mass is 32.2. The summed E-state index contributed by atoms with van der Waals surface area (Å²) in [4.78, 5) is 12.3. The quantitative estimate of drug-likeness (QED) is 0.546. The molecule has 0 bridgehead atoms. The largest absolute Gasteiger partial charge is 0.493 e. The molecule has 1 atom stereocenters. The summed E-state index contributed by atoms with van der Waals surface area (Å²) in [6.45, 7) is 5.30. The van der Waals surface area contributed by atoms with Crippen molar-refractivity contribution in [2.75, 3.05) is 12.4 Å². The Labute approximate surface area is 181 Å². The molecule has 1 unspecified atom stereocenters. The van der Waals surface area contributed by atoms with Crippen molar-refractivity contribution < 1.29 is 19.4 Å². The summed E-state index contributed by atoms with van der Waals surface area (Å²) in [5.41, 5.74) is 0.112. The van der Waals surface area contributed by atoms with E-state index >= 15 is 0 Å². The fraction of sp³-hybridized carbons (Fsp3) is 0.348. The Bertz CT molecular complexity index is 959. The molecule has 0 saturated carbocycles. The molecule has 0 aromatic heterocycles. The first-order valence-electron chi connectivity index (χ1n) is 9.41. The summed E-state index contributed by atoms with van der Waals surface area (Å²) >= 11 is 1.61. The number of carbonyl (C=O) groups is 1. The van der Waals surface area contributed by atoms with E-state index in [1.54, 1.807) is 42.1 Å². The zero-order valence-electron chi connectivity index (χ0n) is 17.2. The molecule has 7 heteroatoms. The van der Waals surface area contributed by atoms with E-state index in [-0.39, 0.29) is 5.92 Å². The van der Waals surface area contributed by atoms with Gasteiger partial charge in [-0.05, 0) is 68.8 Å². The molecule has 0 amide bonds. The van der Waals surface area contributed by atoms with Gasteiger partial charge in [-0.3, -0.25) is 0 Å². The fourth-order valence-corrected chi connectivity index (χ4v) is 3.56. The Morgan fingerprint density at radius 2 is 1.90 bits per heavy atom. The summed E-state index contributed by atoms with van der Waals surface area (Å²) in [5, 5.41) is 27.2. The topological polar surface area (TPSA) is 103 Å². The highest BCUT2D eigenvalue weighted by Crippen LogP contribution is 2.30. The summed E-state index contributed by atoms with van der Waals surface area (Å²) < 4.78 is 11.4. The maximum absolute atomic E-state index is 11.3. The normalized spacial score (nSPS) is 11.8. The van der Waals surface area contributed by atoms with Crippen molar-refractivity contribution in [1.82, 2.24) is 0 Å². The lowest BCUT2D eigenvalue weighted by Crippen LogP contribution is -2.38. The average molecular weight is 425 g/mol. The second-order valence-corrected chi connectivity index (χ2v) is 8.42. The SMILES string of the molecule is Cc1cc(SCC(CC#N)COc2ccc(C#N)cc2)ccc1OC(C)(C)C(=O)O. The number of aliphatic carboxylic acids is 1. The molecule has 0 aliphatic rings. The molecular weight excluding hydrogens is 400 g/mol. The number of hydrogen-bond acceptors (Lipinski definition) is 6. The third kappa shape index (κ3) is 6.72. The smallest absolute Gasteiger partial charge is 0.347 e. The van der Waals surface area contributed by atoms with Gasteiger partial charge < -0.3 is 14.6 Å². The first kappa shape index (κ1) is 23.1. The summed E-state index contributed by atoms with van der Waals surface area (Å²) in [5.74, 6) is 0.911. The van der Waals surface area contributed by atoms with Gasteiger partial charge in [0.2, 0.25) is 0 Å². The minimum absolute atomic E-state index is 0.0396. The highest BCUT2D eigenvalue weighted by Gasteiger charge is 2.29. The van der Waals surface area contributed by atoms with E-state index in [9.17, 15) is 9.90 Å². The second-order valence-electron chi connectivity index (χ2n) is 7.33. The number of carboxylic acid groups (broad SMARTS) is 1. The number of carboxylic acids is 1. The van der Waals surface area contributed by atoms with Crippen LogP contribution in [0.5, 0.6) is 11.5 Å². The van der Waals surface area contributed by atoms with Crippen molar-refractivity contribution in [2.45, 2.75) is 37.7 Å². The number of hydrogen-bond donors (Lipinski definition) is 1. The maximum atomic E-state index is 11.3. The van der Waals surface area contributed by atoms with Crippen molar-refractivity contribution in [3.63, 3.8) is 0 Å². The number of benzene rings is 2. The molecule has 0 aliphatic heterocycles.